The fourth-order valence-electron chi connectivity index (χ4n) is 1.88. The van der Waals surface area contributed by atoms with Crippen LogP contribution < -0.4 is 5.73 Å². The minimum absolute atomic E-state index is 0.0923. The molecule has 3 nitrogen and oxygen atoms in total. The first kappa shape index (κ1) is 17.2. The summed E-state index contributed by atoms with van der Waals surface area (Å²) < 4.78 is 37.2. The van der Waals surface area contributed by atoms with Crippen LogP contribution in [0.4, 0.5) is 13.2 Å². The van der Waals surface area contributed by atoms with Crippen LogP contribution in [0.15, 0.2) is 0 Å². The van der Waals surface area contributed by atoms with E-state index in [1.165, 1.54) is 0 Å². The van der Waals surface area contributed by atoms with Crippen molar-refractivity contribution in [1.82, 2.24) is 4.90 Å². The van der Waals surface area contributed by atoms with Gasteiger partial charge in [-0.15, -0.1) is 0 Å². The van der Waals surface area contributed by atoms with E-state index >= 15 is 0 Å². The van der Waals surface area contributed by atoms with E-state index in [-0.39, 0.29) is 19.0 Å². The van der Waals surface area contributed by atoms with Gasteiger partial charge in [0.05, 0.1) is 5.92 Å². The van der Waals surface area contributed by atoms with Crippen LogP contribution in [0, 0.1) is 11.8 Å². The highest BCUT2D eigenvalue weighted by molar-refractivity contribution is 5.79. The molecule has 18 heavy (non-hydrogen) atoms. The summed E-state index contributed by atoms with van der Waals surface area (Å²) in [5, 5.41) is 0. The molecule has 108 valence electrons. The Hall–Kier alpha value is -0.780. The number of hydrogen-bond acceptors (Lipinski definition) is 2. The van der Waals surface area contributed by atoms with E-state index in [2.05, 4.69) is 0 Å². The third-order valence-electron chi connectivity index (χ3n) is 2.57. The van der Waals surface area contributed by atoms with Gasteiger partial charge in [0.25, 0.3) is 0 Å². The van der Waals surface area contributed by atoms with Crippen LogP contribution in [-0.4, -0.2) is 36.6 Å². The normalized spacial score (nSPS) is 13.8. The minimum Gasteiger partial charge on any atom is -0.333 e. The monoisotopic (exact) mass is 268 g/mol. The van der Waals surface area contributed by atoms with Crippen molar-refractivity contribution in [3.8, 4) is 0 Å². The van der Waals surface area contributed by atoms with Crippen LogP contribution in [0.2, 0.25) is 0 Å². The maximum Gasteiger partial charge on any atom is 0.406 e. The maximum atomic E-state index is 12.4. The number of carbonyl (C=O) groups is 1. The molecule has 0 aliphatic heterocycles. The van der Waals surface area contributed by atoms with Crippen molar-refractivity contribution < 1.29 is 18.0 Å². The minimum atomic E-state index is -4.36. The van der Waals surface area contributed by atoms with Gasteiger partial charge in [-0.3, -0.25) is 4.79 Å². The summed E-state index contributed by atoms with van der Waals surface area (Å²) in [6.45, 7) is 4.61. The summed E-state index contributed by atoms with van der Waals surface area (Å²) in [6.07, 6.45) is -3.34. The van der Waals surface area contributed by atoms with Crippen LogP contribution >= 0.6 is 0 Å². The molecule has 0 aliphatic carbocycles. The smallest absolute Gasteiger partial charge is 0.333 e. The van der Waals surface area contributed by atoms with Gasteiger partial charge in [0.15, 0.2) is 0 Å². The second-order valence-electron chi connectivity index (χ2n) is 4.94. The Morgan fingerprint density at radius 3 is 2.22 bits per heavy atom. The average molecular weight is 268 g/mol. The number of hydrogen-bond donors (Lipinski definition) is 1. The van der Waals surface area contributed by atoms with Gasteiger partial charge in [-0.25, -0.2) is 0 Å². The first-order valence-corrected chi connectivity index (χ1v) is 6.26. The fourth-order valence-corrected chi connectivity index (χ4v) is 1.88. The highest BCUT2D eigenvalue weighted by Gasteiger charge is 2.34. The third kappa shape index (κ3) is 6.83. The molecule has 0 radical (unpaired) electrons. The van der Waals surface area contributed by atoms with Crippen molar-refractivity contribution in [1.29, 1.82) is 0 Å². The standard InChI is InChI=1S/C12H23F3N2O/c1-4-5-17(8-12(13,14)15)11(18)10(7-16)6-9(2)3/h9-10H,4-8,16H2,1-3H3. The second kappa shape index (κ2) is 7.61. The van der Waals surface area contributed by atoms with Gasteiger partial charge in [0, 0.05) is 13.1 Å². The zero-order chi connectivity index (χ0) is 14.3. The Morgan fingerprint density at radius 2 is 1.89 bits per heavy atom. The van der Waals surface area contributed by atoms with Crippen molar-refractivity contribution in [2.45, 2.75) is 39.8 Å². The summed E-state index contributed by atoms with van der Waals surface area (Å²) >= 11 is 0. The molecule has 0 aromatic carbocycles. The van der Waals surface area contributed by atoms with E-state index in [0.29, 0.717) is 12.8 Å². The van der Waals surface area contributed by atoms with Crippen LogP contribution in [-0.2, 0) is 4.79 Å². The Morgan fingerprint density at radius 1 is 1.33 bits per heavy atom. The topological polar surface area (TPSA) is 46.3 Å². The molecule has 0 saturated carbocycles. The lowest BCUT2D eigenvalue weighted by atomic mass is 9.95. The zero-order valence-electron chi connectivity index (χ0n) is 11.3. The molecule has 6 heteroatoms. The van der Waals surface area contributed by atoms with Gasteiger partial charge in [0.1, 0.15) is 6.54 Å². The molecule has 0 aromatic heterocycles. The quantitative estimate of drug-likeness (QED) is 0.770. The molecule has 1 atom stereocenters. The Bertz CT molecular complexity index is 254. The molecule has 0 saturated heterocycles. The lowest BCUT2D eigenvalue weighted by Crippen LogP contribution is -2.44. The number of rotatable bonds is 7. The number of alkyl halides is 3. The molecule has 0 fully saturated rings. The van der Waals surface area contributed by atoms with Crippen molar-refractivity contribution in [2.75, 3.05) is 19.6 Å². The third-order valence-corrected chi connectivity index (χ3v) is 2.57. The van der Waals surface area contributed by atoms with Gasteiger partial charge in [0.2, 0.25) is 5.91 Å². The summed E-state index contributed by atoms with van der Waals surface area (Å²) in [6, 6.07) is 0. The number of halogens is 3. The number of carbonyl (C=O) groups excluding carboxylic acids is 1. The lowest BCUT2D eigenvalue weighted by Gasteiger charge is -2.28. The summed E-state index contributed by atoms with van der Waals surface area (Å²) in [5.41, 5.74) is 5.49. The number of nitrogens with two attached hydrogens (primary N) is 1. The Kier molecular flexibility index (Phi) is 7.28. The molecule has 0 aliphatic rings. The van der Waals surface area contributed by atoms with Gasteiger partial charge < -0.3 is 10.6 Å². The van der Waals surface area contributed by atoms with E-state index in [1.807, 2.05) is 13.8 Å². The van der Waals surface area contributed by atoms with Crippen LogP contribution in [0.25, 0.3) is 0 Å². The van der Waals surface area contributed by atoms with E-state index in [9.17, 15) is 18.0 Å². The highest BCUT2D eigenvalue weighted by atomic mass is 19.4. The summed E-state index contributed by atoms with van der Waals surface area (Å²) in [4.78, 5) is 12.9. The Balaban J connectivity index is 4.71. The molecule has 0 rings (SSSR count). The molecular formula is C12H23F3N2O. The Labute approximate surface area is 107 Å². The van der Waals surface area contributed by atoms with E-state index < -0.39 is 24.5 Å². The van der Waals surface area contributed by atoms with Crippen LogP contribution in [0.1, 0.15) is 33.6 Å². The SMILES string of the molecule is CCCN(CC(F)(F)F)C(=O)C(CN)CC(C)C. The zero-order valence-corrected chi connectivity index (χ0v) is 11.3. The van der Waals surface area contributed by atoms with Gasteiger partial charge in [-0.05, 0) is 18.8 Å². The predicted octanol–water partition coefficient (Wildman–Crippen LogP) is 2.41. The van der Waals surface area contributed by atoms with Gasteiger partial charge in [-0.1, -0.05) is 20.8 Å². The predicted molar refractivity (Wildman–Crippen MR) is 64.9 cm³/mol. The summed E-state index contributed by atoms with van der Waals surface area (Å²) in [7, 11) is 0. The fraction of sp³-hybridized carbons (Fsp3) is 0.917. The first-order chi connectivity index (χ1) is 8.21. The van der Waals surface area contributed by atoms with E-state index in [1.54, 1.807) is 6.92 Å². The molecular weight excluding hydrogens is 245 g/mol. The summed E-state index contributed by atoms with van der Waals surface area (Å²) in [5.74, 6) is -0.763. The number of amides is 1. The maximum absolute atomic E-state index is 12.4. The highest BCUT2D eigenvalue weighted by Crippen LogP contribution is 2.20. The van der Waals surface area contributed by atoms with Gasteiger partial charge in [-0.2, -0.15) is 13.2 Å². The molecule has 2 N–H and O–H groups in total. The molecule has 1 amide bonds. The molecule has 0 bridgehead atoms. The lowest BCUT2D eigenvalue weighted by molar-refractivity contribution is -0.164. The molecule has 0 heterocycles. The van der Waals surface area contributed by atoms with E-state index in [4.69, 9.17) is 5.73 Å². The largest absolute Gasteiger partial charge is 0.406 e. The van der Waals surface area contributed by atoms with Crippen LogP contribution in [0.5, 0.6) is 0 Å². The van der Waals surface area contributed by atoms with E-state index in [0.717, 1.165) is 4.90 Å². The van der Waals surface area contributed by atoms with Crippen molar-refractivity contribution in [3.63, 3.8) is 0 Å². The second-order valence-corrected chi connectivity index (χ2v) is 4.94. The molecule has 0 spiro atoms. The molecule has 1 unspecified atom stereocenters. The number of nitrogens with zero attached hydrogens (tertiary/aromatic N) is 1. The first-order valence-electron chi connectivity index (χ1n) is 6.26. The van der Waals surface area contributed by atoms with Crippen LogP contribution in [0.3, 0.4) is 0 Å². The molecule has 0 aromatic rings. The average Bonchev–Trinajstić information content (AvgIpc) is 2.22. The van der Waals surface area contributed by atoms with Crippen molar-refractivity contribution in [3.05, 3.63) is 0 Å². The van der Waals surface area contributed by atoms with Crippen molar-refractivity contribution in [2.24, 2.45) is 17.6 Å². The van der Waals surface area contributed by atoms with Gasteiger partial charge >= 0.3 is 6.18 Å². The van der Waals surface area contributed by atoms with Crippen molar-refractivity contribution >= 4 is 5.91 Å².